The van der Waals surface area contributed by atoms with Crippen LogP contribution < -0.4 is 5.32 Å². The van der Waals surface area contributed by atoms with Crippen molar-refractivity contribution in [3.8, 4) is 0 Å². The van der Waals surface area contributed by atoms with Gasteiger partial charge in [0.15, 0.2) is 0 Å². The molecule has 2 nitrogen and oxygen atoms in total. The summed E-state index contributed by atoms with van der Waals surface area (Å²) in [6.45, 7) is 7.56. The Balaban J connectivity index is 2.63. The molecule has 0 aromatic carbocycles. The molecule has 1 atom stereocenters. The molecule has 1 N–H and O–H groups in total. The van der Waals surface area contributed by atoms with Crippen molar-refractivity contribution < 1.29 is 4.74 Å². The first-order valence-electron chi connectivity index (χ1n) is 6.49. The highest BCUT2D eigenvalue weighted by molar-refractivity contribution is 9.10. The van der Waals surface area contributed by atoms with Gasteiger partial charge in [-0.25, -0.2) is 0 Å². The predicted octanol–water partition coefficient (Wildman–Crippen LogP) is 4.24. The second kappa shape index (κ2) is 7.63. The highest BCUT2D eigenvalue weighted by Gasteiger charge is 2.23. The summed E-state index contributed by atoms with van der Waals surface area (Å²) in [6, 6.07) is 2.59. The van der Waals surface area contributed by atoms with E-state index < -0.39 is 0 Å². The van der Waals surface area contributed by atoms with Crippen molar-refractivity contribution in [2.45, 2.75) is 51.7 Å². The van der Waals surface area contributed by atoms with Crippen LogP contribution in [0.25, 0.3) is 0 Å². The first kappa shape index (κ1) is 16.2. The Hall–Kier alpha value is 0.1000. The topological polar surface area (TPSA) is 21.3 Å². The van der Waals surface area contributed by atoms with Gasteiger partial charge in [0.2, 0.25) is 0 Å². The van der Waals surface area contributed by atoms with Crippen LogP contribution in [0.2, 0.25) is 0 Å². The highest BCUT2D eigenvalue weighted by atomic mass is 79.9. The molecule has 1 heterocycles. The SMILES string of the molecule is CCCNC(Cc1sccc1Br)CC(C)(C)OC. The Morgan fingerprint density at radius 2 is 2.22 bits per heavy atom. The minimum atomic E-state index is -0.0743. The maximum absolute atomic E-state index is 5.55. The van der Waals surface area contributed by atoms with Gasteiger partial charge in [-0.2, -0.15) is 0 Å². The molecular weight excluding hydrogens is 310 g/mol. The smallest absolute Gasteiger partial charge is 0.0637 e. The predicted molar refractivity (Wildman–Crippen MR) is 83.5 cm³/mol. The number of halogens is 1. The molecule has 0 saturated carbocycles. The molecule has 0 amide bonds. The summed E-state index contributed by atoms with van der Waals surface area (Å²) >= 11 is 5.43. The van der Waals surface area contributed by atoms with E-state index in [1.807, 2.05) is 11.3 Å². The van der Waals surface area contributed by atoms with Gasteiger partial charge in [-0.15, -0.1) is 11.3 Å². The van der Waals surface area contributed by atoms with E-state index in [9.17, 15) is 0 Å². The molecule has 0 aliphatic carbocycles. The third-order valence-electron chi connectivity index (χ3n) is 3.10. The lowest BCUT2D eigenvalue weighted by molar-refractivity contribution is 0.00719. The number of methoxy groups -OCH3 is 1. The van der Waals surface area contributed by atoms with Gasteiger partial charge in [0, 0.05) is 22.5 Å². The lowest BCUT2D eigenvalue weighted by Crippen LogP contribution is -2.39. The largest absolute Gasteiger partial charge is 0.379 e. The summed E-state index contributed by atoms with van der Waals surface area (Å²) in [5.41, 5.74) is -0.0743. The molecule has 1 rings (SSSR count). The number of hydrogen-bond acceptors (Lipinski definition) is 3. The van der Waals surface area contributed by atoms with Crippen molar-refractivity contribution in [1.82, 2.24) is 5.32 Å². The zero-order valence-corrected chi connectivity index (χ0v) is 14.2. The highest BCUT2D eigenvalue weighted by Crippen LogP contribution is 2.26. The molecule has 0 aliphatic heterocycles. The normalized spacial score (nSPS) is 13.8. The third kappa shape index (κ3) is 5.39. The minimum absolute atomic E-state index is 0.0743. The summed E-state index contributed by atoms with van der Waals surface area (Å²) in [6.07, 6.45) is 3.24. The third-order valence-corrected chi connectivity index (χ3v) is 5.05. The van der Waals surface area contributed by atoms with E-state index in [0.29, 0.717) is 6.04 Å². The van der Waals surface area contributed by atoms with Crippen LogP contribution in [0.1, 0.15) is 38.5 Å². The van der Waals surface area contributed by atoms with Gasteiger partial charge in [0.1, 0.15) is 0 Å². The van der Waals surface area contributed by atoms with Gasteiger partial charge in [0.05, 0.1) is 5.60 Å². The van der Waals surface area contributed by atoms with Gasteiger partial charge in [-0.1, -0.05) is 6.92 Å². The molecular formula is C14H24BrNOS. The fraction of sp³-hybridized carbons (Fsp3) is 0.714. The van der Waals surface area contributed by atoms with E-state index in [0.717, 1.165) is 25.8 Å². The summed E-state index contributed by atoms with van der Waals surface area (Å²) in [4.78, 5) is 1.41. The van der Waals surface area contributed by atoms with Gasteiger partial charge in [-0.05, 0) is 67.0 Å². The molecule has 4 heteroatoms. The number of thiophene rings is 1. The second-order valence-electron chi connectivity index (χ2n) is 5.21. The first-order valence-corrected chi connectivity index (χ1v) is 8.16. The van der Waals surface area contributed by atoms with Crippen LogP contribution in [-0.4, -0.2) is 25.3 Å². The van der Waals surface area contributed by atoms with Crippen molar-refractivity contribution >= 4 is 27.3 Å². The molecule has 0 spiro atoms. The van der Waals surface area contributed by atoms with Crippen molar-refractivity contribution in [3.63, 3.8) is 0 Å². The Kier molecular flexibility index (Phi) is 6.85. The Morgan fingerprint density at radius 1 is 1.50 bits per heavy atom. The molecule has 0 radical (unpaired) electrons. The van der Waals surface area contributed by atoms with E-state index in [4.69, 9.17) is 4.74 Å². The Labute approximate surface area is 123 Å². The maximum atomic E-state index is 5.55. The van der Waals surface area contributed by atoms with Crippen LogP contribution in [0.4, 0.5) is 0 Å². The Morgan fingerprint density at radius 3 is 2.72 bits per heavy atom. The standard InChI is InChI=1S/C14H24BrNOS/c1-5-7-16-11(10-14(2,3)17-4)9-13-12(15)6-8-18-13/h6,8,11,16H,5,7,9-10H2,1-4H3. The molecule has 1 aromatic rings. The van der Waals surface area contributed by atoms with Gasteiger partial charge >= 0.3 is 0 Å². The molecule has 1 aromatic heterocycles. The molecule has 18 heavy (non-hydrogen) atoms. The number of hydrogen-bond donors (Lipinski definition) is 1. The molecule has 1 unspecified atom stereocenters. The average Bonchev–Trinajstić information content (AvgIpc) is 2.72. The van der Waals surface area contributed by atoms with Crippen LogP contribution in [0.3, 0.4) is 0 Å². The Bertz CT molecular complexity index is 351. The number of rotatable bonds is 8. The summed E-state index contributed by atoms with van der Waals surface area (Å²) in [5, 5.41) is 5.77. The van der Waals surface area contributed by atoms with E-state index >= 15 is 0 Å². The van der Waals surface area contributed by atoms with Gasteiger partial charge in [-0.3, -0.25) is 0 Å². The molecule has 0 fully saturated rings. The van der Waals surface area contributed by atoms with E-state index in [-0.39, 0.29) is 5.60 Å². The second-order valence-corrected chi connectivity index (χ2v) is 7.07. The zero-order valence-electron chi connectivity index (χ0n) is 11.8. The van der Waals surface area contributed by atoms with Crippen LogP contribution >= 0.6 is 27.3 Å². The lowest BCUT2D eigenvalue weighted by atomic mass is 9.96. The molecule has 104 valence electrons. The first-order chi connectivity index (χ1) is 8.48. The van der Waals surface area contributed by atoms with Crippen molar-refractivity contribution in [2.75, 3.05) is 13.7 Å². The van der Waals surface area contributed by atoms with Crippen LogP contribution in [0.5, 0.6) is 0 Å². The van der Waals surface area contributed by atoms with Gasteiger partial charge in [0.25, 0.3) is 0 Å². The summed E-state index contributed by atoms with van der Waals surface area (Å²) < 4.78 is 6.78. The lowest BCUT2D eigenvalue weighted by Gasteiger charge is -2.29. The molecule has 0 aliphatic rings. The fourth-order valence-corrected chi connectivity index (χ4v) is 3.53. The summed E-state index contributed by atoms with van der Waals surface area (Å²) in [5.74, 6) is 0. The van der Waals surface area contributed by atoms with Crippen molar-refractivity contribution in [3.05, 3.63) is 20.8 Å². The molecule has 0 saturated heterocycles. The monoisotopic (exact) mass is 333 g/mol. The number of nitrogens with one attached hydrogen (secondary N) is 1. The van der Waals surface area contributed by atoms with Crippen LogP contribution in [0, 0.1) is 0 Å². The van der Waals surface area contributed by atoms with E-state index in [2.05, 4.69) is 53.5 Å². The fourth-order valence-electron chi connectivity index (χ4n) is 1.94. The summed E-state index contributed by atoms with van der Waals surface area (Å²) in [7, 11) is 1.79. The quantitative estimate of drug-likeness (QED) is 0.768. The van der Waals surface area contributed by atoms with E-state index in [1.165, 1.54) is 9.35 Å². The molecule has 0 bridgehead atoms. The van der Waals surface area contributed by atoms with Crippen molar-refractivity contribution in [2.24, 2.45) is 0 Å². The van der Waals surface area contributed by atoms with Crippen LogP contribution in [-0.2, 0) is 11.2 Å². The number of ether oxygens (including phenoxy) is 1. The minimum Gasteiger partial charge on any atom is -0.379 e. The van der Waals surface area contributed by atoms with Crippen LogP contribution in [0.15, 0.2) is 15.9 Å². The zero-order chi connectivity index (χ0) is 13.6. The average molecular weight is 334 g/mol. The van der Waals surface area contributed by atoms with Gasteiger partial charge < -0.3 is 10.1 Å². The van der Waals surface area contributed by atoms with Crippen molar-refractivity contribution in [1.29, 1.82) is 0 Å². The van der Waals surface area contributed by atoms with E-state index in [1.54, 1.807) is 7.11 Å². The maximum Gasteiger partial charge on any atom is 0.0637 e.